The van der Waals surface area contributed by atoms with Crippen LogP contribution in [0.3, 0.4) is 0 Å². The molecule has 2 heteroatoms. The van der Waals surface area contributed by atoms with E-state index in [9.17, 15) is 0 Å². The van der Waals surface area contributed by atoms with E-state index in [0.29, 0.717) is 0 Å². The second-order valence-corrected chi connectivity index (χ2v) is 12.9. The van der Waals surface area contributed by atoms with E-state index in [2.05, 4.69) is 224 Å². The number of rotatable bonds is 9. The van der Waals surface area contributed by atoms with Crippen LogP contribution in [0.5, 0.6) is 0 Å². The molecule has 0 aliphatic rings. The average Bonchev–Trinajstić information content (AvgIpc) is 3.22. The Morgan fingerprint density at radius 3 is 0.980 bits per heavy atom. The molecule has 8 rings (SSSR count). The summed E-state index contributed by atoms with van der Waals surface area (Å²) in [6, 6.07) is 76.1. The largest absolute Gasteiger partial charge is 0.310 e. The highest BCUT2D eigenvalue weighted by atomic mass is 15.1. The molecule has 0 radical (unpaired) electrons. The van der Waals surface area contributed by atoms with Crippen LogP contribution >= 0.6 is 0 Å². The van der Waals surface area contributed by atoms with Crippen molar-refractivity contribution in [2.24, 2.45) is 0 Å². The van der Waals surface area contributed by atoms with Gasteiger partial charge in [-0.3, -0.25) is 4.90 Å². The van der Waals surface area contributed by atoms with Gasteiger partial charge in [-0.25, -0.2) is 0 Å². The van der Waals surface area contributed by atoms with E-state index in [0.717, 1.165) is 17.1 Å². The fraction of sp³-hybridized carbons (Fsp3) is 0.0204. The van der Waals surface area contributed by atoms with Gasteiger partial charge < -0.3 is 4.90 Å². The van der Waals surface area contributed by atoms with Crippen LogP contribution in [0.2, 0.25) is 0 Å². The first-order chi connectivity index (χ1) is 25.2. The summed E-state index contributed by atoms with van der Waals surface area (Å²) in [7, 11) is 2.20. The van der Waals surface area contributed by atoms with E-state index >= 15 is 0 Å². The summed E-state index contributed by atoms with van der Waals surface area (Å²) >= 11 is 0. The maximum absolute atomic E-state index is 2.35. The predicted molar refractivity (Wildman–Crippen MR) is 216 cm³/mol. The maximum Gasteiger partial charge on any atom is 0.136 e. The lowest BCUT2D eigenvalue weighted by molar-refractivity contribution is -0.735. The summed E-state index contributed by atoms with van der Waals surface area (Å²) in [4.78, 5) is 3.62. The van der Waals surface area contributed by atoms with Crippen LogP contribution in [0.25, 0.3) is 44.5 Å². The van der Waals surface area contributed by atoms with Crippen LogP contribution in [-0.4, -0.2) is 7.05 Å². The predicted octanol–water partition coefficient (Wildman–Crippen LogP) is 12.3. The van der Waals surface area contributed by atoms with Crippen molar-refractivity contribution in [3.63, 3.8) is 0 Å². The molecule has 0 saturated heterocycles. The Morgan fingerprint density at radius 2 is 0.588 bits per heavy atom. The number of nitrogens with zero attached hydrogens (tertiary/aromatic N) is 1. The Labute approximate surface area is 301 Å². The molecule has 0 saturated carbocycles. The minimum atomic E-state index is 1.11. The highest BCUT2D eigenvalue weighted by Crippen LogP contribution is 2.39. The molecule has 1 N–H and O–H groups in total. The molecule has 0 amide bonds. The smallest absolute Gasteiger partial charge is 0.136 e. The molecular weight excluding hydrogens is 617 g/mol. The molecule has 0 fully saturated rings. The molecule has 1 unspecified atom stereocenters. The Balaban J connectivity index is 1.08. The van der Waals surface area contributed by atoms with E-state index in [4.69, 9.17) is 0 Å². The molecule has 2 nitrogen and oxygen atoms in total. The first-order valence-corrected chi connectivity index (χ1v) is 17.5. The third-order valence-corrected chi connectivity index (χ3v) is 9.62. The molecule has 51 heavy (non-hydrogen) atoms. The Kier molecular flexibility index (Phi) is 9.07. The Bertz CT molecular complexity index is 2250. The molecule has 8 aromatic rings. The van der Waals surface area contributed by atoms with Gasteiger partial charge in [0.25, 0.3) is 0 Å². The number of quaternary nitrogens is 1. The summed E-state index contributed by atoms with van der Waals surface area (Å²) in [6.45, 7) is 0. The molecule has 1 atom stereocenters. The zero-order chi connectivity index (χ0) is 34.4. The molecular formula is C49H39N2+. The average molecular weight is 656 g/mol. The first kappa shape index (κ1) is 31.8. The van der Waals surface area contributed by atoms with E-state index in [1.165, 1.54) is 60.8 Å². The zero-order valence-corrected chi connectivity index (χ0v) is 28.7. The highest BCUT2D eigenvalue weighted by Gasteiger charge is 2.16. The lowest BCUT2D eigenvalue weighted by atomic mass is 10.0. The Hall–Kier alpha value is -6.48. The quantitative estimate of drug-likeness (QED) is 0.163. The molecule has 0 aliphatic heterocycles. The van der Waals surface area contributed by atoms with Crippen molar-refractivity contribution >= 4 is 28.4 Å². The van der Waals surface area contributed by atoms with Crippen molar-refractivity contribution in [3.05, 3.63) is 212 Å². The standard InChI is InChI=1S/C49H38N2/c1-50(45-29-23-40(24-30-45)37-13-5-2-6-14-37)46-31-25-41(26-32-46)42-27-33-47(34-28-42)51(48-21-11-19-43(35-48)38-15-7-3-8-16-38)49-22-12-20-44(36-49)39-17-9-4-10-18-39/h2-36H,1H3/p+1. The lowest BCUT2D eigenvalue weighted by Crippen LogP contribution is -2.98. The van der Waals surface area contributed by atoms with Crippen LogP contribution in [0.1, 0.15) is 0 Å². The lowest BCUT2D eigenvalue weighted by Gasteiger charge is -2.27. The summed E-state index contributed by atoms with van der Waals surface area (Å²) in [5.41, 5.74) is 15.4. The van der Waals surface area contributed by atoms with Gasteiger partial charge in [-0.15, -0.1) is 0 Å². The van der Waals surface area contributed by atoms with Crippen molar-refractivity contribution in [3.8, 4) is 44.5 Å². The number of nitrogens with one attached hydrogen (secondary N) is 1. The van der Waals surface area contributed by atoms with Gasteiger partial charge in [0, 0.05) is 41.3 Å². The maximum atomic E-state index is 2.35. The van der Waals surface area contributed by atoms with Crippen LogP contribution in [0.4, 0.5) is 28.4 Å². The molecule has 0 aromatic heterocycles. The van der Waals surface area contributed by atoms with Crippen molar-refractivity contribution in [1.29, 1.82) is 0 Å². The van der Waals surface area contributed by atoms with Crippen LogP contribution in [0, 0.1) is 0 Å². The van der Waals surface area contributed by atoms with Crippen molar-refractivity contribution < 1.29 is 4.90 Å². The number of anilines is 3. The summed E-state index contributed by atoms with van der Waals surface area (Å²) in [5.74, 6) is 0. The minimum Gasteiger partial charge on any atom is -0.310 e. The van der Waals surface area contributed by atoms with Gasteiger partial charge in [-0.2, -0.15) is 0 Å². The number of hydrogen-bond acceptors (Lipinski definition) is 1. The highest BCUT2D eigenvalue weighted by molar-refractivity contribution is 5.83. The third kappa shape index (κ3) is 7.00. The van der Waals surface area contributed by atoms with Crippen molar-refractivity contribution in [1.82, 2.24) is 0 Å². The van der Waals surface area contributed by atoms with Gasteiger partial charge in [0.15, 0.2) is 0 Å². The van der Waals surface area contributed by atoms with E-state index in [1.807, 2.05) is 0 Å². The van der Waals surface area contributed by atoms with Crippen LogP contribution < -0.4 is 9.80 Å². The summed E-state index contributed by atoms with van der Waals surface area (Å²) in [6.07, 6.45) is 0. The molecule has 0 bridgehead atoms. The second-order valence-electron chi connectivity index (χ2n) is 12.9. The molecule has 0 spiro atoms. The van der Waals surface area contributed by atoms with Crippen LogP contribution in [-0.2, 0) is 0 Å². The number of benzene rings is 8. The molecule has 0 heterocycles. The van der Waals surface area contributed by atoms with Crippen LogP contribution in [0.15, 0.2) is 212 Å². The monoisotopic (exact) mass is 655 g/mol. The van der Waals surface area contributed by atoms with Crippen molar-refractivity contribution in [2.75, 3.05) is 11.9 Å². The SMILES string of the molecule is C[NH+](c1ccc(-c2ccccc2)cc1)c1ccc(-c2ccc(N(c3cccc(-c4ccccc4)c3)c3cccc(-c4ccccc4)c3)cc2)cc1. The zero-order valence-electron chi connectivity index (χ0n) is 28.7. The summed E-state index contributed by atoms with van der Waals surface area (Å²) < 4.78 is 0. The van der Waals surface area contributed by atoms with Gasteiger partial charge in [0.2, 0.25) is 0 Å². The Morgan fingerprint density at radius 1 is 0.275 bits per heavy atom. The molecule has 8 aromatic carbocycles. The first-order valence-electron chi connectivity index (χ1n) is 17.5. The van der Waals surface area contributed by atoms with E-state index < -0.39 is 0 Å². The van der Waals surface area contributed by atoms with E-state index in [-0.39, 0.29) is 0 Å². The van der Waals surface area contributed by atoms with Gasteiger partial charge in [0.1, 0.15) is 11.4 Å². The summed E-state index contributed by atoms with van der Waals surface area (Å²) in [5, 5.41) is 0. The molecule has 244 valence electrons. The van der Waals surface area contributed by atoms with Gasteiger partial charge in [-0.1, -0.05) is 127 Å². The normalized spacial score (nSPS) is 11.5. The molecule has 0 aliphatic carbocycles. The van der Waals surface area contributed by atoms with E-state index in [1.54, 1.807) is 0 Å². The minimum absolute atomic E-state index is 1.11. The number of hydrogen-bond donors (Lipinski definition) is 1. The third-order valence-electron chi connectivity index (χ3n) is 9.62. The van der Waals surface area contributed by atoms with Gasteiger partial charge in [0.05, 0.1) is 7.05 Å². The fourth-order valence-electron chi connectivity index (χ4n) is 6.78. The second kappa shape index (κ2) is 14.6. The topological polar surface area (TPSA) is 7.68 Å². The fourth-order valence-corrected chi connectivity index (χ4v) is 6.78. The van der Waals surface area contributed by atoms with Gasteiger partial charge in [-0.05, 0) is 105 Å². The van der Waals surface area contributed by atoms with Crippen molar-refractivity contribution in [2.45, 2.75) is 0 Å². The van der Waals surface area contributed by atoms with Gasteiger partial charge >= 0.3 is 0 Å².